The Labute approximate surface area is 158 Å². The van der Waals surface area contributed by atoms with E-state index >= 15 is 0 Å². The first-order chi connectivity index (χ1) is 12.7. The maximum Gasteiger partial charge on any atom is 0.416 e. The van der Waals surface area contributed by atoms with Crippen LogP contribution in [0.5, 0.6) is 5.06 Å². The summed E-state index contributed by atoms with van der Waals surface area (Å²) in [7, 11) is 1.55. The molecule has 2 aliphatic rings. The molecule has 3 heterocycles. The van der Waals surface area contributed by atoms with Crippen molar-refractivity contribution in [2.45, 2.75) is 24.9 Å². The van der Waals surface area contributed by atoms with E-state index in [9.17, 15) is 18.0 Å². The van der Waals surface area contributed by atoms with Gasteiger partial charge in [-0.05, 0) is 30.2 Å². The van der Waals surface area contributed by atoms with Crippen LogP contribution in [0.25, 0.3) is 0 Å². The number of methoxy groups -OCH3 is 1. The van der Waals surface area contributed by atoms with Gasteiger partial charge in [-0.1, -0.05) is 11.3 Å². The van der Waals surface area contributed by atoms with Crippen LogP contribution in [0.15, 0.2) is 24.4 Å². The number of halogens is 3. The molecule has 0 aliphatic carbocycles. The zero-order chi connectivity index (χ0) is 19.4. The van der Waals surface area contributed by atoms with Crippen molar-refractivity contribution < 1.29 is 22.7 Å². The number of hydrogen-bond donors (Lipinski definition) is 0. The Kier molecular flexibility index (Phi) is 4.10. The zero-order valence-corrected chi connectivity index (χ0v) is 15.7. The lowest BCUT2D eigenvalue weighted by Crippen LogP contribution is -2.36. The number of fused-ring (bicyclic) bond motifs is 2. The summed E-state index contributed by atoms with van der Waals surface area (Å²) in [5.74, 6) is -0.0604. The van der Waals surface area contributed by atoms with Gasteiger partial charge in [0.05, 0.1) is 18.9 Å². The third-order valence-electron chi connectivity index (χ3n) is 5.35. The lowest BCUT2D eigenvalue weighted by atomic mass is 9.81. The van der Waals surface area contributed by atoms with Crippen molar-refractivity contribution >= 4 is 28.1 Å². The highest BCUT2D eigenvalue weighted by Crippen LogP contribution is 2.51. The molecule has 1 spiro atoms. The van der Waals surface area contributed by atoms with Crippen LogP contribution < -0.4 is 9.64 Å². The van der Waals surface area contributed by atoms with E-state index in [0.29, 0.717) is 47.5 Å². The summed E-state index contributed by atoms with van der Waals surface area (Å²) in [6, 6.07) is 3.86. The molecule has 2 aromatic rings. The summed E-state index contributed by atoms with van der Waals surface area (Å²) in [4.78, 5) is 19.8. The third-order valence-corrected chi connectivity index (χ3v) is 6.33. The van der Waals surface area contributed by atoms with Gasteiger partial charge in [0.25, 0.3) is 0 Å². The van der Waals surface area contributed by atoms with Gasteiger partial charge in [-0.25, -0.2) is 4.98 Å². The van der Waals surface area contributed by atoms with Crippen molar-refractivity contribution in [3.05, 3.63) is 35.5 Å². The van der Waals surface area contributed by atoms with Gasteiger partial charge in [0, 0.05) is 37.7 Å². The Morgan fingerprint density at radius 3 is 2.70 bits per heavy atom. The Balaban J connectivity index is 1.81. The molecule has 27 heavy (non-hydrogen) atoms. The quantitative estimate of drug-likeness (QED) is 0.773. The topological polar surface area (TPSA) is 45.7 Å². The standard InChI is InChI=1S/C18H18F3N3O2S/c1-11(25)23-6-5-17(9-23)10-24(16-22-8-15(26-2)27-16)14-4-3-12(7-13(14)17)18(19,20)21/h3-4,7-8H,5-6,9-10H2,1-2H3. The molecule has 1 saturated heterocycles. The summed E-state index contributed by atoms with van der Waals surface area (Å²) >= 11 is 1.34. The number of hydrogen-bond acceptors (Lipinski definition) is 5. The molecule has 1 atom stereocenters. The summed E-state index contributed by atoms with van der Waals surface area (Å²) in [6.45, 7) is 2.93. The van der Waals surface area contributed by atoms with Crippen molar-refractivity contribution in [2.75, 3.05) is 31.6 Å². The highest BCUT2D eigenvalue weighted by atomic mass is 32.1. The molecule has 1 aromatic heterocycles. The molecule has 4 rings (SSSR count). The molecule has 1 amide bonds. The maximum absolute atomic E-state index is 13.3. The van der Waals surface area contributed by atoms with Gasteiger partial charge in [0.1, 0.15) is 0 Å². The maximum atomic E-state index is 13.3. The van der Waals surface area contributed by atoms with E-state index in [4.69, 9.17) is 4.74 Å². The fourth-order valence-electron chi connectivity index (χ4n) is 3.98. The van der Waals surface area contributed by atoms with Crippen LogP contribution in [0.1, 0.15) is 24.5 Å². The Bertz CT molecular complexity index is 898. The average Bonchev–Trinajstić information content (AvgIpc) is 3.32. The van der Waals surface area contributed by atoms with E-state index in [1.807, 2.05) is 4.90 Å². The van der Waals surface area contributed by atoms with E-state index in [0.717, 1.165) is 6.07 Å². The van der Waals surface area contributed by atoms with Crippen molar-refractivity contribution in [3.8, 4) is 5.06 Å². The van der Waals surface area contributed by atoms with Crippen LogP contribution in [-0.2, 0) is 16.4 Å². The minimum atomic E-state index is -4.41. The first-order valence-electron chi connectivity index (χ1n) is 8.48. The Morgan fingerprint density at radius 1 is 1.33 bits per heavy atom. The third kappa shape index (κ3) is 2.93. The number of likely N-dealkylation sites (tertiary alicyclic amines) is 1. The van der Waals surface area contributed by atoms with Crippen LogP contribution in [0, 0.1) is 0 Å². The minimum absolute atomic E-state index is 0.0604. The number of rotatable bonds is 2. The number of carbonyl (C=O) groups is 1. The predicted octanol–water partition coefficient (Wildman–Crippen LogP) is 3.81. The van der Waals surface area contributed by atoms with Crippen LogP contribution >= 0.6 is 11.3 Å². The number of carbonyl (C=O) groups excluding carboxylic acids is 1. The number of nitrogens with zero attached hydrogens (tertiary/aromatic N) is 3. The molecule has 0 radical (unpaired) electrons. The molecule has 0 N–H and O–H groups in total. The molecule has 9 heteroatoms. The predicted molar refractivity (Wildman–Crippen MR) is 95.7 cm³/mol. The van der Waals surface area contributed by atoms with Crippen molar-refractivity contribution in [1.82, 2.24) is 9.88 Å². The number of alkyl halides is 3. The molecular weight excluding hydrogens is 379 g/mol. The average molecular weight is 397 g/mol. The number of benzene rings is 1. The first-order valence-corrected chi connectivity index (χ1v) is 9.30. The smallest absolute Gasteiger partial charge is 0.416 e. The fraction of sp³-hybridized carbons (Fsp3) is 0.444. The van der Waals surface area contributed by atoms with Gasteiger partial charge in [0.15, 0.2) is 10.2 Å². The normalized spacial score (nSPS) is 21.8. The van der Waals surface area contributed by atoms with Crippen molar-refractivity contribution in [2.24, 2.45) is 0 Å². The van der Waals surface area contributed by atoms with Gasteiger partial charge in [0.2, 0.25) is 5.91 Å². The lowest BCUT2D eigenvalue weighted by Gasteiger charge is -2.25. The molecule has 1 unspecified atom stereocenters. The summed E-state index contributed by atoms with van der Waals surface area (Å²) in [5, 5.41) is 1.31. The zero-order valence-electron chi connectivity index (χ0n) is 14.8. The van der Waals surface area contributed by atoms with Gasteiger partial charge < -0.3 is 14.5 Å². The van der Waals surface area contributed by atoms with Gasteiger partial charge in [-0.3, -0.25) is 4.79 Å². The minimum Gasteiger partial charge on any atom is -0.486 e. The molecular formula is C18H18F3N3O2S. The number of thiazole rings is 1. The van der Waals surface area contributed by atoms with Gasteiger partial charge in [-0.2, -0.15) is 13.2 Å². The van der Waals surface area contributed by atoms with Crippen LogP contribution in [-0.4, -0.2) is 42.5 Å². The number of anilines is 2. The van der Waals surface area contributed by atoms with Crippen molar-refractivity contribution in [3.63, 3.8) is 0 Å². The molecule has 0 bridgehead atoms. The van der Waals surface area contributed by atoms with Crippen LogP contribution in [0.4, 0.5) is 24.0 Å². The number of aromatic nitrogens is 1. The molecule has 1 aromatic carbocycles. The summed E-state index contributed by atoms with van der Waals surface area (Å²) in [5.41, 5.74) is 0.155. The number of ether oxygens (including phenoxy) is 1. The second kappa shape index (κ2) is 6.12. The van der Waals surface area contributed by atoms with Gasteiger partial charge in [-0.15, -0.1) is 0 Å². The van der Waals surface area contributed by atoms with E-state index in [2.05, 4.69) is 4.98 Å². The monoisotopic (exact) mass is 397 g/mol. The first kappa shape index (κ1) is 18.1. The van der Waals surface area contributed by atoms with E-state index in [-0.39, 0.29) is 5.91 Å². The van der Waals surface area contributed by atoms with Crippen LogP contribution in [0.2, 0.25) is 0 Å². The molecule has 2 aliphatic heterocycles. The molecule has 144 valence electrons. The van der Waals surface area contributed by atoms with E-state index in [1.54, 1.807) is 18.2 Å². The van der Waals surface area contributed by atoms with Crippen molar-refractivity contribution in [1.29, 1.82) is 0 Å². The SMILES string of the molecule is COc1cnc(N2CC3(CCN(C(C)=O)C3)c3cc(C(F)(F)F)ccc32)s1. The van der Waals surface area contributed by atoms with Crippen LogP contribution in [0.3, 0.4) is 0 Å². The second-order valence-electron chi connectivity index (χ2n) is 6.95. The lowest BCUT2D eigenvalue weighted by molar-refractivity contribution is -0.137. The highest BCUT2D eigenvalue weighted by Gasteiger charge is 2.49. The summed E-state index contributed by atoms with van der Waals surface area (Å²) in [6.07, 6.45) is -2.18. The molecule has 1 fully saturated rings. The summed E-state index contributed by atoms with van der Waals surface area (Å²) < 4.78 is 45.1. The molecule has 5 nitrogen and oxygen atoms in total. The largest absolute Gasteiger partial charge is 0.486 e. The highest BCUT2D eigenvalue weighted by molar-refractivity contribution is 7.17. The Morgan fingerprint density at radius 2 is 2.11 bits per heavy atom. The number of amides is 1. The van der Waals surface area contributed by atoms with E-state index < -0.39 is 17.2 Å². The van der Waals surface area contributed by atoms with Gasteiger partial charge >= 0.3 is 6.18 Å². The molecule has 0 saturated carbocycles. The second-order valence-corrected chi connectivity index (χ2v) is 7.92. The Hall–Kier alpha value is -2.29. The van der Waals surface area contributed by atoms with E-state index in [1.165, 1.54) is 30.4 Å². The fourth-order valence-corrected chi connectivity index (χ4v) is 4.72.